The van der Waals surface area contributed by atoms with Gasteiger partial charge in [0.1, 0.15) is 11.5 Å². The van der Waals surface area contributed by atoms with Crippen molar-refractivity contribution >= 4 is 0 Å². The number of nitrogens with one attached hydrogen (secondary N) is 1. The first-order valence-corrected chi connectivity index (χ1v) is 6.02. The molecule has 0 aliphatic carbocycles. The van der Waals surface area contributed by atoms with Crippen LogP contribution in [0.4, 0.5) is 0 Å². The van der Waals surface area contributed by atoms with Gasteiger partial charge in [-0.2, -0.15) is 0 Å². The number of aliphatic hydroxyl groups is 1. The lowest BCUT2D eigenvalue weighted by Gasteiger charge is -2.29. The second-order valence-electron chi connectivity index (χ2n) is 4.48. The lowest BCUT2D eigenvalue weighted by atomic mass is 9.83. The molecule has 0 saturated heterocycles. The molecule has 3 heteroatoms. The SMILES string of the molecule is CCC(CC)(CO)CNCc1ccc(C)o1. The van der Waals surface area contributed by atoms with E-state index in [0.717, 1.165) is 37.5 Å². The van der Waals surface area contributed by atoms with E-state index in [0.29, 0.717) is 0 Å². The van der Waals surface area contributed by atoms with Crippen molar-refractivity contribution in [3.63, 3.8) is 0 Å². The van der Waals surface area contributed by atoms with Crippen LogP contribution in [-0.2, 0) is 6.54 Å². The number of hydrogen-bond acceptors (Lipinski definition) is 3. The van der Waals surface area contributed by atoms with Crippen molar-refractivity contribution in [2.45, 2.75) is 40.2 Å². The molecule has 0 aromatic carbocycles. The van der Waals surface area contributed by atoms with Gasteiger partial charge >= 0.3 is 0 Å². The average molecular weight is 225 g/mol. The first-order valence-electron chi connectivity index (χ1n) is 6.02. The minimum atomic E-state index is 0.0155. The summed E-state index contributed by atoms with van der Waals surface area (Å²) in [6, 6.07) is 3.96. The summed E-state index contributed by atoms with van der Waals surface area (Å²) in [6.07, 6.45) is 1.98. The molecular weight excluding hydrogens is 202 g/mol. The molecule has 0 radical (unpaired) electrons. The van der Waals surface area contributed by atoms with Gasteiger partial charge in [-0.1, -0.05) is 13.8 Å². The van der Waals surface area contributed by atoms with Crippen LogP contribution in [0.15, 0.2) is 16.5 Å². The van der Waals surface area contributed by atoms with Crippen LogP contribution in [0, 0.1) is 12.3 Å². The number of rotatable bonds is 7. The fourth-order valence-corrected chi connectivity index (χ4v) is 1.81. The van der Waals surface area contributed by atoms with Gasteiger partial charge in [0, 0.05) is 18.6 Å². The largest absolute Gasteiger partial charge is 0.465 e. The van der Waals surface area contributed by atoms with Crippen LogP contribution in [0.25, 0.3) is 0 Å². The Balaban J connectivity index is 2.39. The first-order chi connectivity index (χ1) is 7.65. The van der Waals surface area contributed by atoms with Gasteiger partial charge in [-0.25, -0.2) is 0 Å². The van der Waals surface area contributed by atoms with Crippen molar-refractivity contribution in [1.29, 1.82) is 0 Å². The third-order valence-corrected chi connectivity index (χ3v) is 3.43. The second-order valence-corrected chi connectivity index (χ2v) is 4.48. The molecule has 0 spiro atoms. The zero-order chi connectivity index (χ0) is 12.0. The Hall–Kier alpha value is -0.800. The highest BCUT2D eigenvalue weighted by Gasteiger charge is 2.24. The van der Waals surface area contributed by atoms with Crippen LogP contribution in [0.3, 0.4) is 0 Å². The Labute approximate surface area is 97.9 Å². The van der Waals surface area contributed by atoms with Gasteiger partial charge in [0.2, 0.25) is 0 Å². The fraction of sp³-hybridized carbons (Fsp3) is 0.692. The molecule has 3 nitrogen and oxygen atoms in total. The zero-order valence-electron chi connectivity index (χ0n) is 10.5. The lowest BCUT2D eigenvalue weighted by Crippen LogP contribution is -2.36. The summed E-state index contributed by atoms with van der Waals surface area (Å²) in [7, 11) is 0. The molecular formula is C13H23NO2. The minimum Gasteiger partial charge on any atom is -0.465 e. The van der Waals surface area contributed by atoms with Gasteiger partial charge in [-0.15, -0.1) is 0 Å². The predicted molar refractivity (Wildman–Crippen MR) is 65.3 cm³/mol. The Morgan fingerprint density at radius 3 is 2.44 bits per heavy atom. The van der Waals surface area contributed by atoms with E-state index in [1.807, 2.05) is 19.1 Å². The molecule has 92 valence electrons. The maximum Gasteiger partial charge on any atom is 0.117 e. The van der Waals surface area contributed by atoms with Crippen LogP contribution < -0.4 is 5.32 Å². The molecule has 16 heavy (non-hydrogen) atoms. The lowest BCUT2D eigenvalue weighted by molar-refractivity contribution is 0.112. The van der Waals surface area contributed by atoms with Gasteiger partial charge in [-0.3, -0.25) is 0 Å². The summed E-state index contributed by atoms with van der Waals surface area (Å²) >= 11 is 0. The first kappa shape index (κ1) is 13.3. The Bertz CT molecular complexity index is 294. The molecule has 0 amide bonds. The van der Waals surface area contributed by atoms with Gasteiger partial charge in [0.25, 0.3) is 0 Å². The highest BCUT2D eigenvalue weighted by molar-refractivity contribution is 5.05. The highest BCUT2D eigenvalue weighted by atomic mass is 16.3. The van der Waals surface area contributed by atoms with Crippen molar-refractivity contribution in [2.75, 3.05) is 13.2 Å². The second kappa shape index (κ2) is 6.06. The molecule has 0 saturated carbocycles. The molecule has 1 rings (SSSR count). The number of aliphatic hydroxyl groups excluding tert-OH is 1. The van der Waals surface area contributed by atoms with Crippen molar-refractivity contribution < 1.29 is 9.52 Å². The van der Waals surface area contributed by atoms with E-state index in [4.69, 9.17) is 4.42 Å². The molecule has 0 fully saturated rings. The van der Waals surface area contributed by atoms with Gasteiger partial charge in [-0.05, 0) is 31.9 Å². The van der Waals surface area contributed by atoms with Crippen LogP contribution in [-0.4, -0.2) is 18.3 Å². The Morgan fingerprint density at radius 2 is 2.00 bits per heavy atom. The van der Waals surface area contributed by atoms with Gasteiger partial charge < -0.3 is 14.8 Å². The molecule has 0 aliphatic heterocycles. The van der Waals surface area contributed by atoms with E-state index >= 15 is 0 Å². The summed E-state index contributed by atoms with van der Waals surface area (Å²) in [5.74, 6) is 1.90. The van der Waals surface area contributed by atoms with Crippen LogP contribution >= 0.6 is 0 Å². The summed E-state index contributed by atoms with van der Waals surface area (Å²) in [4.78, 5) is 0. The smallest absolute Gasteiger partial charge is 0.117 e. The number of hydrogen-bond donors (Lipinski definition) is 2. The average Bonchev–Trinajstić information content (AvgIpc) is 2.71. The van der Waals surface area contributed by atoms with E-state index in [-0.39, 0.29) is 12.0 Å². The topological polar surface area (TPSA) is 45.4 Å². The molecule has 0 atom stereocenters. The summed E-state index contributed by atoms with van der Waals surface area (Å²) < 4.78 is 5.47. The third kappa shape index (κ3) is 3.35. The Morgan fingerprint density at radius 1 is 1.31 bits per heavy atom. The van der Waals surface area contributed by atoms with E-state index < -0.39 is 0 Å². The predicted octanol–water partition coefficient (Wildman–Crippen LogP) is 2.48. The van der Waals surface area contributed by atoms with Crippen LogP contribution in [0.5, 0.6) is 0 Å². The maximum absolute atomic E-state index is 9.41. The van der Waals surface area contributed by atoms with Crippen LogP contribution in [0.2, 0.25) is 0 Å². The molecule has 0 aliphatic rings. The molecule has 1 aromatic rings. The fourth-order valence-electron chi connectivity index (χ4n) is 1.81. The quantitative estimate of drug-likeness (QED) is 0.749. The highest BCUT2D eigenvalue weighted by Crippen LogP contribution is 2.24. The molecule has 1 aromatic heterocycles. The Kier molecular flexibility index (Phi) is 5.03. The van der Waals surface area contributed by atoms with E-state index in [9.17, 15) is 5.11 Å². The summed E-state index contributed by atoms with van der Waals surface area (Å²) in [5.41, 5.74) is 0.0155. The molecule has 0 bridgehead atoms. The normalized spacial score (nSPS) is 12.0. The van der Waals surface area contributed by atoms with Gasteiger partial charge in [0.15, 0.2) is 0 Å². The maximum atomic E-state index is 9.41. The van der Waals surface area contributed by atoms with Crippen molar-refractivity contribution in [3.8, 4) is 0 Å². The summed E-state index contributed by atoms with van der Waals surface area (Å²) in [5, 5.41) is 12.8. The minimum absolute atomic E-state index is 0.0155. The molecule has 0 unspecified atom stereocenters. The number of aryl methyl sites for hydroxylation is 1. The van der Waals surface area contributed by atoms with Gasteiger partial charge in [0.05, 0.1) is 6.54 Å². The van der Waals surface area contributed by atoms with E-state index in [1.54, 1.807) is 0 Å². The standard InChI is InChI=1S/C13H23NO2/c1-4-13(5-2,10-15)9-14-8-12-7-6-11(3)16-12/h6-7,14-15H,4-5,8-10H2,1-3H3. The molecule has 2 N–H and O–H groups in total. The zero-order valence-corrected chi connectivity index (χ0v) is 10.5. The summed E-state index contributed by atoms with van der Waals surface area (Å²) in [6.45, 7) is 7.99. The van der Waals surface area contributed by atoms with Crippen molar-refractivity contribution in [1.82, 2.24) is 5.32 Å². The molecule has 1 heterocycles. The number of furan rings is 1. The van der Waals surface area contributed by atoms with Crippen LogP contribution in [0.1, 0.15) is 38.2 Å². The van der Waals surface area contributed by atoms with Crippen molar-refractivity contribution in [2.24, 2.45) is 5.41 Å². The monoisotopic (exact) mass is 225 g/mol. The third-order valence-electron chi connectivity index (χ3n) is 3.43. The van der Waals surface area contributed by atoms with E-state index in [2.05, 4.69) is 19.2 Å². The van der Waals surface area contributed by atoms with E-state index in [1.165, 1.54) is 0 Å². The van der Waals surface area contributed by atoms with Crippen molar-refractivity contribution in [3.05, 3.63) is 23.7 Å².